The molecule has 0 atom stereocenters. The Bertz CT molecular complexity index is 756. The van der Waals surface area contributed by atoms with E-state index in [4.69, 9.17) is 4.42 Å². The number of carbonyl (C=O) groups excluding carboxylic acids is 1. The van der Waals surface area contributed by atoms with Crippen LogP contribution >= 0.6 is 11.3 Å². The van der Waals surface area contributed by atoms with Crippen molar-refractivity contribution in [2.24, 2.45) is 0 Å². The molecule has 2 aromatic heterocycles. The van der Waals surface area contributed by atoms with E-state index >= 15 is 0 Å². The van der Waals surface area contributed by atoms with Gasteiger partial charge in [0, 0.05) is 0 Å². The van der Waals surface area contributed by atoms with Crippen molar-refractivity contribution in [3.05, 3.63) is 59.0 Å². The molecule has 0 bridgehead atoms. The van der Waals surface area contributed by atoms with Gasteiger partial charge in [0.15, 0.2) is 0 Å². The molecule has 2 heterocycles. The molecular weight excluding hydrogens is 307 g/mol. The van der Waals surface area contributed by atoms with Crippen LogP contribution in [0.3, 0.4) is 0 Å². The van der Waals surface area contributed by atoms with Gasteiger partial charge in [-0.1, -0.05) is 17.2 Å². The Labute approximate surface area is 129 Å². The van der Waals surface area contributed by atoms with E-state index in [1.165, 1.54) is 23.5 Å². The highest BCUT2D eigenvalue weighted by atomic mass is 32.1. The molecule has 6 nitrogen and oxygen atoms in total. The van der Waals surface area contributed by atoms with E-state index in [2.05, 4.69) is 20.8 Å². The van der Waals surface area contributed by atoms with E-state index in [-0.39, 0.29) is 11.8 Å². The molecule has 0 saturated carbocycles. The van der Waals surface area contributed by atoms with Crippen molar-refractivity contribution in [2.45, 2.75) is 6.42 Å². The molecule has 0 radical (unpaired) electrons. The number of halogens is 1. The number of nitrogens with one attached hydrogen (secondary N) is 2. The zero-order chi connectivity index (χ0) is 15.4. The number of hydrogen-bond acceptors (Lipinski definition) is 5. The standard InChI is InChI=1S/C14H11FN4O2S/c15-10-5-3-9(4-6-10)8-11-18-19-14(21-11)17-13(20)16-12-2-1-7-22-12/h1-7H,8H2,(H2,16,17,19,20). The van der Waals surface area contributed by atoms with Crippen molar-refractivity contribution in [2.75, 3.05) is 10.6 Å². The molecule has 0 unspecified atom stereocenters. The lowest BCUT2D eigenvalue weighted by molar-refractivity contribution is 0.261. The Morgan fingerprint density at radius 3 is 2.73 bits per heavy atom. The Hall–Kier alpha value is -2.74. The molecule has 0 aliphatic carbocycles. The number of benzene rings is 1. The van der Waals surface area contributed by atoms with Gasteiger partial charge < -0.3 is 4.42 Å². The third-order valence-electron chi connectivity index (χ3n) is 2.71. The van der Waals surface area contributed by atoms with Crippen LogP contribution in [-0.4, -0.2) is 16.2 Å². The molecule has 1 aromatic carbocycles. The third-order valence-corrected chi connectivity index (χ3v) is 3.50. The quantitative estimate of drug-likeness (QED) is 0.771. The summed E-state index contributed by atoms with van der Waals surface area (Å²) in [6.45, 7) is 0. The molecule has 8 heteroatoms. The number of thiophene rings is 1. The number of carbonyl (C=O) groups is 1. The first-order valence-corrected chi connectivity index (χ1v) is 7.25. The fourth-order valence-corrected chi connectivity index (χ4v) is 2.35. The number of nitrogens with zero attached hydrogens (tertiary/aromatic N) is 2. The van der Waals surface area contributed by atoms with Crippen LogP contribution in [0.4, 0.5) is 20.2 Å². The second-order valence-corrected chi connectivity index (χ2v) is 5.31. The van der Waals surface area contributed by atoms with Gasteiger partial charge in [-0.2, -0.15) is 0 Å². The Morgan fingerprint density at radius 1 is 1.18 bits per heavy atom. The number of aromatic nitrogens is 2. The SMILES string of the molecule is O=C(Nc1nnc(Cc2ccc(F)cc2)o1)Nc1cccs1. The van der Waals surface area contributed by atoms with Crippen LogP contribution in [0.5, 0.6) is 0 Å². The van der Waals surface area contributed by atoms with E-state index in [0.717, 1.165) is 5.56 Å². The third kappa shape index (κ3) is 3.67. The van der Waals surface area contributed by atoms with Crippen molar-refractivity contribution in [1.29, 1.82) is 0 Å². The van der Waals surface area contributed by atoms with E-state index in [1.54, 1.807) is 18.2 Å². The molecule has 2 amide bonds. The minimum absolute atomic E-state index is 0.00571. The number of anilines is 2. The van der Waals surface area contributed by atoms with Crippen molar-refractivity contribution in [1.82, 2.24) is 10.2 Å². The van der Waals surface area contributed by atoms with Crippen molar-refractivity contribution >= 4 is 28.4 Å². The fraction of sp³-hybridized carbons (Fsp3) is 0.0714. The minimum Gasteiger partial charge on any atom is -0.407 e. The van der Waals surface area contributed by atoms with Gasteiger partial charge in [-0.15, -0.1) is 16.4 Å². The van der Waals surface area contributed by atoms with Crippen molar-refractivity contribution in [3.63, 3.8) is 0 Å². The van der Waals surface area contributed by atoms with Crippen LogP contribution in [0.15, 0.2) is 46.2 Å². The van der Waals surface area contributed by atoms with Gasteiger partial charge in [0.05, 0.1) is 11.4 Å². The first-order valence-electron chi connectivity index (χ1n) is 6.37. The first kappa shape index (κ1) is 14.2. The van der Waals surface area contributed by atoms with E-state index in [0.29, 0.717) is 17.3 Å². The topological polar surface area (TPSA) is 80.1 Å². The molecule has 0 saturated heterocycles. The zero-order valence-corrected chi connectivity index (χ0v) is 12.1. The van der Waals surface area contributed by atoms with E-state index in [9.17, 15) is 9.18 Å². The highest BCUT2D eigenvalue weighted by Gasteiger charge is 2.10. The van der Waals surface area contributed by atoms with Gasteiger partial charge in [0.25, 0.3) is 0 Å². The number of hydrogen-bond donors (Lipinski definition) is 2. The molecule has 3 rings (SSSR count). The van der Waals surface area contributed by atoms with Gasteiger partial charge in [-0.05, 0) is 35.2 Å². The molecule has 2 N–H and O–H groups in total. The maximum atomic E-state index is 12.8. The van der Waals surface area contributed by atoms with Gasteiger partial charge >= 0.3 is 12.0 Å². The highest BCUT2D eigenvalue weighted by Crippen LogP contribution is 2.16. The monoisotopic (exact) mass is 318 g/mol. The summed E-state index contributed by atoms with van der Waals surface area (Å²) in [5.74, 6) is 0.0277. The average molecular weight is 318 g/mol. The van der Waals surface area contributed by atoms with Crippen molar-refractivity contribution < 1.29 is 13.6 Å². The van der Waals surface area contributed by atoms with Crippen LogP contribution in [0, 0.1) is 5.82 Å². The molecule has 112 valence electrons. The van der Waals surface area contributed by atoms with Crippen LogP contribution in [0.1, 0.15) is 11.5 Å². The maximum absolute atomic E-state index is 12.8. The highest BCUT2D eigenvalue weighted by molar-refractivity contribution is 7.14. The summed E-state index contributed by atoms with van der Waals surface area (Å²) in [5.41, 5.74) is 0.833. The van der Waals surface area contributed by atoms with Gasteiger partial charge in [-0.25, -0.2) is 9.18 Å². The summed E-state index contributed by atoms with van der Waals surface area (Å²) in [4.78, 5) is 11.7. The average Bonchev–Trinajstić information content (AvgIpc) is 3.14. The van der Waals surface area contributed by atoms with Crippen LogP contribution in [0.2, 0.25) is 0 Å². The predicted molar refractivity (Wildman–Crippen MR) is 80.5 cm³/mol. The zero-order valence-electron chi connectivity index (χ0n) is 11.2. The van der Waals surface area contributed by atoms with Crippen molar-refractivity contribution in [3.8, 4) is 0 Å². The number of amides is 2. The number of rotatable bonds is 4. The summed E-state index contributed by atoms with van der Waals surface area (Å²) in [7, 11) is 0. The molecule has 22 heavy (non-hydrogen) atoms. The van der Waals surface area contributed by atoms with E-state index < -0.39 is 6.03 Å². The Morgan fingerprint density at radius 2 is 2.00 bits per heavy atom. The largest absolute Gasteiger partial charge is 0.407 e. The normalized spacial score (nSPS) is 10.4. The van der Waals surface area contributed by atoms with Crippen LogP contribution in [0.25, 0.3) is 0 Å². The molecule has 3 aromatic rings. The second-order valence-electron chi connectivity index (χ2n) is 4.36. The van der Waals surface area contributed by atoms with Crippen LogP contribution in [-0.2, 0) is 6.42 Å². The summed E-state index contributed by atoms with van der Waals surface area (Å²) in [6.07, 6.45) is 0.363. The lowest BCUT2D eigenvalue weighted by Gasteiger charge is -2.00. The molecule has 0 spiro atoms. The van der Waals surface area contributed by atoms with Crippen LogP contribution < -0.4 is 10.6 Å². The summed E-state index contributed by atoms with van der Waals surface area (Å²) >= 11 is 1.40. The van der Waals surface area contributed by atoms with Gasteiger partial charge in [0.1, 0.15) is 5.82 Å². The molecule has 0 aliphatic heterocycles. The first-order chi connectivity index (χ1) is 10.7. The molecular formula is C14H11FN4O2S. The predicted octanol–water partition coefficient (Wildman–Crippen LogP) is 3.51. The minimum atomic E-state index is -0.459. The summed E-state index contributed by atoms with van der Waals surface area (Å²) < 4.78 is 18.1. The smallest absolute Gasteiger partial charge is 0.327 e. The maximum Gasteiger partial charge on any atom is 0.327 e. The molecule has 0 fully saturated rings. The lowest BCUT2D eigenvalue weighted by atomic mass is 10.1. The lowest BCUT2D eigenvalue weighted by Crippen LogP contribution is -2.18. The van der Waals surface area contributed by atoms with E-state index in [1.807, 2.05) is 11.4 Å². The molecule has 0 aliphatic rings. The summed E-state index contributed by atoms with van der Waals surface area (Å²) in [5, 5.41) is 15.2. The second kappa shape index (κ2) is 6.35. The Balaban J connectivity index is 1.58. The van der Waals surface area contributed by atoms with Gasteiger partial charge in [0.2, 0.25) is 5.89 Å². The number of urea groups is 1. The summed E-state index contributed by atoms with van der Waals surface area (Å²) in [6, 6.07) is 9.14. The Kier molecular flexibility index (Phi) is 4.10. The van der Waals surface area contributed by atoms with Gasteiger partial charge in [-0.3, -0.25) is 10.6 Å². The fourth-order valence-electron chi connectivity index (χ4n) is 1.74.